The highest BCUT2D eigenvalue weighted by atomic mass is 32.1. The zero-order valence-corrected chi connectivity index (χ0v) is 14.7. The number of likely N-dealkylation sites (N-methyl/N-ethyl adjacent to an activating group) is 1. The van der Waals surface area contributed by atoms with E-state index >= 15 is 0 Å². The predicted molar refractivity (Wildman–Crippen MR) is 101 cm³/mol. The van der Waals surface area contributed by atoms with Crippen molar-refractivity contribution in [2.75, 3.05) is 27.2 Å². The van der Waals surface area contributed by atoms with E-state index in [-0.39, 0.29) is 0 Å². The third kappa shape index (κ3) is 6.38. The third-order valence-corrected chi connectivity index (χ3v) is 3.96. The van der Waals surface area contributed by atoms with Crippen molar-refractivity contribution in [3.8, 4) is 0 Å². The lowest BCUT2D eigenvalue weighted by molar-refractivity contribution is 0.382. The average Bonchev–Trinajstić information content (AvgIpc) is 2.56. The van der Waals surface area contributed by atoms with Crippen LogP contribution in [0.4, 0.5) is 0 Å². The van der Waals surface area contributed by atoms with Crippen LogP contribution in [-0.2, 0) is 13.1 Å². The molecule has 0 heterocycles. The van der Waals surface area contributed by atoms with Gasteiger partial charge in [-0.05, 0) is 37.4 Å². The minimum Gasteiger partial charge on any atom is -0.361 e. The van der Waals surface area contributed by atoms with Crippen LogP contribution in [0, 0.1) is 0 Å². The second-order valence-electron chi connectivity index (χ2n) is 5.86. The number of hydrogen-bond donors (Lipinski definition) is 1. The van der Waals surface area contributed by atoms with Crippen molar-refractivity contribution in [2.24, 2.45) is 0 Å². The highest BCUT2D eigenvalue weighted by Crippen LogP contribution is 2.10. The third-order valence-electron chi connectivity index (χ3n) is 3.55. The Bertz CT molecular complexity index is 543. The monoisotopic (exact) mass is 327 g/mol. The predicted octanol–water partition coefficient (Wildman–Crippen LogP) is 3.12. The summed E-state index contributed by atoms with van der Waals surface area (Å²) in [5.41, 5.74) is 2.53. The Morgan fingerprint density at radius 3 is 1.78 bits per heavy atom. The van der Waals surface area contributed by atoms with E-state index in [0.717, 1.165) is 31.3 Å². The van der Waals surface area contributed by atoms with Crippen LogP contribution in [0.1, 0.15) is 11.1 Å². The molecule has 3 nitrogen and oxygen atoms in total. The van der Waals surface area contributed by atoms with Crippen molar-refractivity contribution in [2.45, 2.75) is 13.1 Å². The molecule has 1 N–H and O–H groups in total. The van der Waals surface area contributed by atoms with Crippen LogP contribution in [0.2, 0.25) is 0 Å². The van der Waals surface area contributed by atoms with Gasteiger partial charge in [0.1, 0.15) is 0 Å². The zero-order chi connectivity index (χ0) is 16.5. The van der Waals surface area contributed by atoms with E-state index < -0.39 is 0 Å². The first-order valence-electron chi connectivity index (χ1n) is 7.90. The number of benzene rings is 2. The van der Waals surface area contributed by atoms with Gasteiger partial charge in [0.25, 0.3) is 0 Å². The van der Waals surface area contributed by atoms with E-state index in [9.17, 15) is 0 Å². The van der Waals surface area contributed by atoms with Crippen LogP contribution in [-0.4, -0.2) is 42.1 Å². The highest BCUT2D eigenvalue weighted by Gasteiger charge is 2.11. The fourth-order valence-corrected chi connectivity index (χ4v) is 2.54. The largest absolute Gasteiger partial charge is 0.361 e. The summed E-state index contributed by atoms with van der Waals surface area (Å²) in [6.07, 6.45) is 0. The second-order valence-corrected chi connectivity index (χ2v) is 6.25. The Morgan fingerprint density at radius 1 is 0.870 bits per heavy atom. The maximum atomic E-state index is 5.62. The normalized spacial score (nSPS) is 10.6. The molecule has 0 aliphatic heterocycles. The number of nitrogens with one attached hydrogen (secondary N) is 1. The van der Waals surface area contributed by atoms with Crippen LogP contribution < -0.4 is 5.32 Å². The molecule has 4 heteroatoms. The molecule has 2 rings (SSSR count). The topological polar surface area (TPSA) is 18.5 Å². The lowest BCUT2D eigenvalue weighted by atomic mass is 10.2. The molecule has 2 aromatic carbocycles. The summed E-state index contributed by atoms with van der Waals surface area (Å²) in [5.74, 6) is 0. The van der Waals surface area contributed by atoms with Crippen molar-refractivity contribution < 1.29 is 0 Å². The van der Waals surface area contributed by atoms with E-state index in [1.807, 2.05) is 12.1 Å². The van der Waals surface area contributed by atoms with Crippen molar-refractivity contribution in [3.63, 3.8) is 0 Å². The van der Waals surface area contributed by atoms with Gasteiger partial charge in [-0.1, -0.05) is 60.7 Å². The summed E-state index contributed by atoms with van der Waals surface area (Å²) in [6.45, 7) is 3.43. The Hall–Kier alpha value is -1.91. The second kappa shape index (κ2) is 9.28. The van der Waals surface area contributed by atoms with Gasteiger partial charge in [-0.25, -0.2) is 0 Å². The van der Waals surface area contributed by atoms with Gasteiger partial charge < -0.3 is 15.1 Å². The Labute approximate surface area is 144 Å². The molecule has 0 aliphatic rings. The summed E-state index contributed by atoms with van der Waals surface area (Å²) in [6, 6.07) is 20.9. The first-order valence-corrected chi connectivity index (χ1v) is 8.31. The maximum Gasteiger partial charge on any atom is 0.169 e. The summed E-state index contributed by atoms with van der Waals surface area (Å²) < 4.78 is 0. The van der Waals surface area contributed by atoms with Gasteiger partial charge in [0.15, 0.2) is 5.11 Å². The molecule has 0 unspecified atom stereocenters. The van der Waals surface area contributed by atoms with E-state index in [1.165, 1.54) is 11.1 Å². The molecule has 0 saturated carbocycles. The fourth-order valence-electron chi connectivity index (χ4n) is 2.31. The Kier molecular flexibility index (Phi) is 7.04. The summed E-state index contributed by atoms with van der Waals surface area (Å²) in [5, 5.41) is 4.18. The molecule has 0 fully saturated rings. The van der Waals surface area contributed by atoms with Gasteiger partial charge in [0.2, 0.25) is 0 Å². The van der Waals surface area contributed by atoms with E-state index in [4.69, 9.17) is 12.2 Å². The van der Waals surface area contributed by atoms with Gasteiger partial charge in [-0.15, -0.1) is 0 Å². The number of hydrogen-bond acceptors (Lipinski definition) is 2. The minimum absolute atomic E-state index is 0.805. The quantitative estimate of drug-likeness (QED) is 0.787. The van der Waals surface area contributed by atoms with Gasteiger partial charge in [0.05, 0.1) is 0 Å². The van der Waals surface area contributed by atoms with Gasteiger partial charge in [0, 0.05) is 26.2 Å². The molecule has 0 aromatic heterocycles. The smallest absolute Gasteiger partial charge is 0.169 e. The summed E-state index contributed by atoms with van der Waals surface area (Å²) in [4.78, 5) is 4.37. The molecule has 0 bridgehead atoms. The van der Waals surface area contributed by atoms with E-state index in [2.05, 4.69) is 77.7 Å². The molecule has 2 aromatic rings. The molecule has 0 radical (unpaired) electrons. The van der Waals surface area contributed by atoms with Crippen molar-refractivity contribution in [3.05, 3.63) is 71.8 Å². The van der Waals surface area contributed by atoms with Crippen LogP contribution in [0.5, 0.6) is 0 Å². The van der Waals surface area contributed by atoms with Gasteiger partial charge >= 0.3 is 0 Å². The molecule has 0 saturated heterocycles. The maximum absolute atomic E-state index is 5.62. The van der Waals surface area contributed by atoms with Crippen molar-refractivity contribution >= 4 is 17.3 Å². The van der Waals surface area contributed by atoms with Gasteiger partial charge in [-0.3, -0.25) is 0 Å². The Balaban J connectivity index is 2.02. The lowest BCUT2D eigenvalue weighted by Crippen LogP contribution is -2.41. The number of thiocarbonyl (C=S) groups is 1. The molecule has 0 amide bonds. The van der Waals surface area contributed by atoms with Gasteiger partial charge in [-0.2, -0.15) is 0 Å². The SMILES string of the molecule is CN(C)CCNC(=S)N(Cc1ccccc1)Cc1ccccc1. The highest BCUT2D eigenvalue weighted by molar-refractivity contribution is 7.80. The minimum atomic E-state index is 0.805. The first-order chi connectivity index (χ1) is 11.1. The molecular weight excluding hydrogens is 302 g/mol. The van der Waals surface area contributed by atoms with E-state index in [1.54, 1.807) is 0 Å². The summed E-state index contributed by atoms with van der Waals surface area (Å²) >= 11 is 5.62. The zero-order valence-electron chi connectivity index (χ0n) is 13.9. The summed E-state index contributed by atoms with van der Waals surface area (Å²) in [7, 11) is 4.13. The molecular formula is C19H25N3S. The van der Waals surface area contributed by atoms with E-state index in [0.29, 0.717) is 0 Å². The lowest BCUT2D eigenvalue weighted by Gasteiger charge is -2.26. The van der Waals surface area contributed by atoms with Crippen LogP contribution in [0.15, 0.2) is 60.7 Å². The van der Waals surface area contributed by atoms with Crippen LogP contribution in [0.3, 0.4) is 0 Å². The molecule has 0 aliphatic carbocycles. The molecule has 23 heavy (non-hydrogen) atoms. The average molecular weight is 327 g/mol. The molecule has 0 spiro atoms. The number of rotatable bonds is 7. The van der Waals surface area contributed by atoms with Crippen molar-refractivity contribution in [1.29, 1.82) is 0 Å². The van der Waals surface area contributed by atoms with Crippen molar-refractivity contribution in [1.82, 2.24) is 15.1 Å². The van der Waals surface area contributed by atoms with Crippen LogP contribution in [0.25, 0.3) is 0 Å². The fraction of sp³-hybridized carbons (Fsp3) is 0.316. The molecule has 122 valence electrons. The Morgan fingerprint density at radius 2 is 1.35 bits per heavy atom. The first kappa shape index (κ1) is 17.4. The van der Waals surface area contributed by atoms with Crippen LogP contribution >= 0.6 is 12.2 Å². The number of nitrogens with zero attached hydrogens (tertiary/aromatic N) is 2. The standard InChI is InChI=1S/C19H25N3S/c1-21(2)14-13-20-19(23)22(15-17-9-5-3-6-10-17)16-18-11-7-4-8-12-18/h3-12H,13-16H2,1-2H3,(H,20,23). The molecule has 0 atom stereocenters.